The molecule has 1 aliphatic heterocycles. The van der Waals surface area contributed by atoms with E-state index >= 15 is 0 Å². The van der Waals surface area contributed by atoms with Crippen molar-refractivity contribution in [2.45, 2.75) is 71.8 Å². The monoisotopic (exact) mass is 433 g/mol. The predicted molar refractivity (Wildman–Crippen MR) is 118 cm³/mol. The summed E-state index contributed by atoms with van der Waals surface area (Å²) in [6.07, 6.45) is -0.764. The molecule has 2 aromatic rings. The largest absolute Gasteiger partial charge is 0.444 e. The summed E-state index contributed by atoms with van der Waals surface area (Å²) in [6.45, 7) is 13.7. The van der Waals surface area contributed by atoms with Gasteiger partial charge >= 0.3 is 12.2 Å². The Morgan fingerprint density at radius 2 is 1.60 bits per heavy atom. The number of ether oxygens (including phenoxy) is 2. The minimum atomic E-state index is -0.605. The first-order valence-corrected chi connectivity index (χ1v) is 11.0. The lowest BCUT2D eigenvalue weighted by Crippen LogP contribution is -2.58. The van der Waals surface area contributed by atoms with Gasteiger partial charge in [-0.1, -0.05) is 6.07 Å². The molecule has 8 heteroatoms. The van der Waals surface area contributed by atoms with Crippen molar-refractivity contribution in [3.8, 4) is 0 Å². The number of fused-ring (bicyclic) bond motifs is 1. The molecule has 2 heterocycles. The van der Waals surface area contributed by atoms with Gasteiger partial charge in [-0.2, -0.15) is 0 Å². The number of amides is 2. The minimum Gasteiger partial charge on any atom is -0.444 e. The third-order valence-electron chi connectivity index (χ3n) is 4.73. The second kappa shape index (κ2) is 8.06. The number of aromatic nitrogens is 1. The highest BCUT2D eigenvalue weighted by Crippen LogP contribution is 2.32. The highest BCUT2D eigenvalue weighted by atomic mass is 32.1. The maximum absolute atomic E-state index is 13.0. The highest BCUT2D eigenvalue weighted by Gasteiger charge is 2.40. The van der Waals surface area contributed by atoms with Crippen LogP contribution in [0.15, 0.2) is 23.7 Å². The maximum Gasteiger partial charge on any atom is 0.410 e. The van der Waals surface area contributed by atoms with Crippen LogP contribution in [0.4, 0.5) is 9.59 Å². The topological polar surface area (TPSA) is 72.0 Å². The van der Waals surface area contributed by atoms with Gasteiger partial charge in [0.2, 0.25) is 0 Å². The quantitative estimate of drug-likeness (QED) is 0.617. The van der Waals surface area contributed by atoms with Crippen LogP contribution < -0.4 is 0 Å². The van der Waals surface area contributed by atoms with Gasteiger partial charge in [0, 0.05) is 13.1 Å². The van der Waals surface area contributed by atoms with E-state index in [2.05, 4.69) is 4.98 Å². The lowest BCUT2D eigenvalue weighted by atomic mass is 10.00. The molecule has 30 heavy (non-hydrogen) atoms. The number of rotatable bonds is 1. The Morgan fingerprint density at radius 1 is 1.00 bits per heavy atom. The van der Waals surface area contributed by atoms with Gasteiger partial charge in [-0.05, 0) is 66.2 Å². The number of thiazole rings is 1. The van der Waals surface area contributed by atoms with Crippen LogP contribution in [0.1, 0.15) is 60.1 Å². The molecule has 1 aromatic heterocycles. The number of carbonyl (C=O) groups is 2. The van der Waals surface area contributed by atoms with E-state index in [1.54, 1.807) is 26.6 Å². The van der Waals surface area contributed by atoms with E-state index in [0.29, 0.717) is 13.1 Å². The van der Waals surface area contributed by atoms with E-state index in [0.717, 1.165) is 15.8 Å². The zero-order chi connectivity index (χ0) is 22.3. The van der Waals surface area contributed by atoms with Crippen molar-refractivity contribution in [1.29, 1.82) is 0 Å². The molecule has 2 unspecified atom stereocenters. The fraction of sp³-hybridized carbons (Fsp3) is 0.591. The average Bonchev–Trinajstić information content (AvgIpc) is 3.06. The molecule has 7 nitrogen and oxygen atoms in total. The number of nitrogens with zero attached hydrogens (tertiary/aromatic N) is 3. The van der Waals surface area contributed by atoms with Crippen LogP contribution in [-0.2, 0) is 9.47 Å². The third-order valence-corrected chi connectivity index (χ3v) is 5.54. The van der Waals surface area contributed by atoms with Crippen molar-refractivity contribution in [1.82, 2.24) is 14.8 Å². The molecule has 3 rings (SSSR count). The first-order valence-electron chi connectivity index (χ1n) is 10.2. The lowest BCUT2D eigenvalue weighted by molar-refractivity contribution is -0.0283. The van der Waals surface area contributed by atoms with Gasteiger partial charge in [0.05, 0.1) is 27.8 Å². The Hall–Kier alpha value is -2.35. The standard InChI is InChI=1S/C22H31N3O4S/c1-14-11-25(20(27)29-22(5,6)7)17(12-24(14)19(26)28-21(2,3)4)15-8-9-18-16(10-15)23-13-30-18/h8-10,13-14,17H,11-12H2,1-7H3. The number of hydrogen-bond acceptors (Lipinski definition) is 6. The fourth-order valence-electron chi connectivity index (χ4n) is 3.44. The van der Waals surface area contributed by atoms with Crippen molar-refractivity contribution in [3.05, 3.63) is 29.3 Å². The summed E-state index contributed by atoms with van der Waals surface area (Å²) in [5.41, 5.74) is 2.40. The molecule has 0 spiro atoms. The Morgan fingerprint density at radius 3 is 2.20 bits per heavy atom. The van der Waals surface area contributed by atoms with E-state index in [1.165, 1.54) is 0 Å². The summed E-state index contributed by atoms with van der Waals surface area (Å²) in [4.78, 5) is 33.7. The van der Waals surface area contributed by atoms with Crippen molar-refractivity contribution >= 4 is 33.7 Å². The van der Waals surface area contributed by atoms with E-state index in [4.69, 9.17) is 9.47 Å². The SMILES string of the molecule is CC1CN(C(=O)OC(C)(C)C)C(c2ccc3scnc3c2)CN1C(=O)OC(C)(C)C. The van der Waals surface area contributed by atoms with Crippen molar-refractivity contribution in [2.24, 2.45) is 0 Å². The maximum atomic E-state index is 13.0. The molecular weight excluding hydrogens is 402 g/mol. The van der Waals surface area contributed by atoms with E-state index < -0.39 is 11.2 Å². The molecule has 0 saturated carbocycles. The van der Waals surface area contributed by atoms with E-state index in [1.807, 2.05) is 66.7 Å². The van der Waals surface area contributed by atoms with Crippen molar-refractivity contribution < 1.29 is 19.1 Å². The lowest BCUT2D eigenvalue weighted by Gasteiger charge is -2.45. The smallest absolute Gasteiger partial charge is 0.410 e. The summed E-state index contributed by atoms with van der Waals surface area (Å²) in [6, 6.07) is 5.43. The van der Waals surface area contributed by atoms with Crippen molar-refractivity contribution in [3.63, 3.8) is 0 Å². The van der Waals surface area contributed by atoms with Gasteiger partial charge in [-0.25, -0.2) is 14.6 Å². The normalized spacial score (nSPS) is 20.4. The van der Waals surface area contributed by atoms with Gasteiger partial charge in [0.1, 0.15) is 11.2 Å². The van der Waals surface area contributed by atoms with Gasteiger partial charge in [0.15, 0.2) is 0 Å². The Bertz CT molecular complexity index is 928. The number of benzene rings is 1. The first-order chi connectivity index (χ1) is 13.8. The van der Waals surface area contributed by atoms with E-state index in [9.17, 15) is 9.59 Å². The third kappa shape index (κ3) is 5.22. The van der Waals surface area contributed by atoms with Crippen LogP contribution in [0.25, 0.3) is 10.2 Å². The molecule has 164 valence electrons. The molecule has 0 bridgehead atoms. The Balaban J connectivity index is 1.94. The van der Waals surface area contributed by atoms with Gasteiger partial charge in [0.25, 0.3) is 0 Å². The van der Waals surface area contributed by atoms with Crippen LogP contribution in [0.3, 0.4) is 0 Å². The summed E-state index contributed by atoms with van der Waals surface area (Å²) < 4.78 is 12.4. The van der Waals surface area contributed by atoms with Crippen LogP contribution in [0.2, 0.25) is 0 Å². The number of carbonyl (C=O) groups excluding carboxylic acids is 2. The zero-order valence-electron chi connectivity index (χ0n) is 18.8. The summed E-state index contributed by atoms with van der Waals surface area (Å²) >= 11 is 1.57. The van der Waals surface area contributed by atoms with Gasteiger partial charge in [-0.15, -0.1) is 11.3 Å². The molecule has 2 atom stereocenters. The molecule has 1 aliphatic rings. The van der Waals surface area contributed by atoms with Crippen LogP contribution in [-0.4, -0.2) is 57.3 Å². The number of hydrogen-bond donors (Lipinski definition) is 0. The summed E-state index contributed by atoms with van der Waals surface area (Å²) in [7, 11) is 0. The van der Waals surface area contributed by atoms with Gasteiger partial charge < -0.3 is 14.4 Å². The van der Waals surface area contributed by atoms with Gasteiger partial charge in [-0.3, -0.25) is 4.90 Å². The van der Waals surface area contributed by atoms with Crippen LogP contribution in [0.5, 0.6) is 0 Å². The second-order valence-corrected chi connectivity index (χ2v) is 10.6. The van der Waals surface area contributed by atoms with Crippen LogP contribution >= 0.6 is 11.3 Å². The van der Waals surface area contributed by atoms with E-state index in [-0.39, 0.29) is 24.3 Å². The van der Waals surface area contributed by atoms with Crippen LogP contribution in [0, 0.1) is 0 Å². The molecule has 0 N–H and O–H groups in total. The van der Waals surface area contributed by atoms with Crippen molar-refractivity contribution in [2.75, 3.05) is 13.1 Å². The molecule has 1 saturated heterocycles. The Labute approximate surface area is 182 Å². The second-order valence-electron chi connectivity index (χ2n) is 9.71. The highest BCUT2D eigenvalue weighted by molar-refractivity contribution is 7.16. The first kappa shape index (κ1) is 22.3. The minimum absolute atomic E-state index is 0.202. The molecule has 2 amide bonds. The summed E-state index contributed by atoms with van der Waals surface area (Å²) in [5.74, 6) is 0. The zero-order valence-corrected chi connectivity index (χ0v) is 19.6. The Kier molecular flexibility index (Phi) is 6.00. The molecule has 1 fully saturated rings. The molecule has 0 radical (unpaired) electrons. The number of piperazine rings is 1. The molecular formula is C22H31N3O4S. The molecule has 0 aliphatic carbocycles. The fourth-order valence-corrected chi connectivity index (χ4v) is 4.10. The predicted octanol–water partition coefficient (Wildman–Crippen LogP) is 5.21. The molecule has 1 aromatic carbocycles. The average molecular weight is 434 g/mol. The summed E-state index contributed by atoms with van der Waals surface area (Å²) in [5, 5.41) is 0.